The number of hydrogen-bond donors (Lipinski definition) is 1. The zero-order valence-electron chi connectivity index (χ0n) is 13.3. The standard InChI is InChI=1S/C17H22N2O3S/c1-14(2)12-19(13-17(20)15-7-4-3-5-8-15)23(21,22)16-9-6-10-18-11-16/h3-11,14,17,20H,12-13H2,1-2H3/t17-/m1/s1. The Morgan fingerprint density at radius 1 is 1.09 bits per heavy atom. The lowest BCUT2D eigenvalue weighted by atomic mass is 10.1. The van der Waals surface area contributed by atoms with Gasteiger partial charge in [0, 0.05) is 25.5 Å². The van der Waals surface area contributed by atoms with Gasteiger partial charge in [0.15, 0.2) is 0 Å². The van der Waals surface area contributed by atoms with E-state index >= 15 is 0 Å². The molecule has 0 aliphatic carbocycles. The molecule has 1 aromatic heterocycles. The largest absolute Gasteiger partial charge is 0.387 e. The Labute approximate surface area is 137 Å². The second-order valence-electron chi connectivity index (χ2n) is 5.83. The smallest absolute Gasteiger partial charge is 0.244 e. The van der Waals surface area contributed by atoms with E-state index in [1.54, 1.807) is 18.2 Å². The van der Waals surface area contributed by atoms with E-state index in [1.807, 2.05) is 32.0 Å². The Hall–Kier alpha value is -1.76. The number of aliphatic hydroxyl groups is 1. The Balaban J connectivity index is 2.27. The molecule has 23 heavy (non-hydrogen) atoms. The van der Waals surface area contributed by atoms with E-state index in [0.29, 0.717) is 12.1 Å². The van der Waals surface area contributed by atoms with Gasteiger partial charge in [-0.25, -0.2) is 8.42 Å². The molecule has 1 heterocycles. The molecule has 1 aromatic carbocycles. The number of rotatable bonds is 7. The van der Waals surface area contributed by atoms with Gasteiger partial charge in [0.25, 0.3) is 0 Å². The summed E-state index contributed by atoms with van der Waals surface area (Å²) in [4.78, 5) is 4.02. The summed E-state index contributed by atoms with van der Waals surface area (Å²) in [5, 5.41) is 10.4. The van der Waals surface area contributed by atoms with Crippen LogP contribution in [-0.2, 0) is 10.0 Å². The first-order chi connectivity index (χ1) is 10.9. The fourth-order valence-corrected chi connectivity index (χ4v) is 3.87. The fraction of sp³-hybridized carbons (Fsp3) is 0.353. The maximum Gasteiger partial charge on any atom is 0.244 e. The minimum atomic E-state index is -3.69. The molecule has 5 nitrogen and oxygen atoms in total. The molecule has 1 N–H and O–H groups in total. The number of aliphatic hydroxyl groups excluding tert-OH is 1. The van der Waals surface area contributed by atoms with Crippen LogP contribution in [0.3, 0.4) is 0 Å². The summed E-state index contributed by atoms with van der Waals surface area (Å²) in [7, 11) is -3.69. The molecule has 0 unspecified atom stereocenters. The van der Waals surface area contributed by atoms with Gasteiger partial charge in [0.1, 0.15) is 4.90 Å². The minimum absolute atomic E-state index is 0.0133. The molecule has 0 bridgehead atoms. The summed E-state index contributed by atoms with van der Waals surface area (Å²) < 4.78 is 26.9. The van der Waals surface area contributed by atoms with Crippen molar-refractivity contribution in [1.29, 1.82) is 0 Å². The van der Waals surface area contributed by atoms with E-state index < -0.39 is 16.1 Å². The van der Waals surface area contributed by atoms with Gasteiger partial charge in [-0.05, 0) is 23.6 Å². The van der Waals surface area contributed by atoms with Crippen LogP contribution in [0.4, 0.5) is 0 Å². The molecule has 124 valence electrons. The van der Waals surface area contributed by atoms with Gasteiger partial charge in [0.05, 0.1) is 6.10 Å². The van der Waals surface area contributed by atoms with Crippen molar-refractivity contribution in [3.8, 4) is 0 Å². The Morgan fingerprint density at radius 2 is 1.78 bits per heavy atom. The maximum atomic E-state index is 12.8. The third-order valence-electron chi connectivity index (χ3n) is 3.40. The summed E-state index contributed by atoms with van der Waals surface area (Å²) in [5.74, 6) is 0.143. The first-order valence-electron chi connectivity index (χ1n) is 7.54. The molecular formula is C17H22N2O3S. The van der Waals surface area contributed by atoms with Crippen LogP contribution in [0, 0.1) is 5.92 Å². The Morgan fingerprint density at radius 3 is 2.35 bits per heavy atom. The highest BCUT2D eigenvalue weighted by atomic mass is 32.2. The molecule has 2 aromatic rings. The van der Waals surface area contributed by atoms with Crippen molar-refractivity contribution in [1.82, 2.24) is 9.29 Å². The van der Waals surface area contributed by atoms with Crippen LogP contribution in [-0.4, -0.2) is 35.9 Å². The number of aromatic nitrogens is 1. The summed E-state index contributed by atoms with van der Waals surface area (Å²) in [6.45, 7) is 4.24. The second kappa shape index (κ2) is 7.68. The SMILES string of the molecule is CC(C)CN(C[C@@H](O)c1ccccc1)S(=O)(=O)c1cccnc1. The van der Waals surface area contributed by atoms with Gasteiger partial charge in [-0.1, -0.05) is 44.2 Å². The van der Waals surface area contributed by atoms with Crippen molar-refractivity contribution in [2.45, 2.75) is 24.8 Å². The van der Waals surface area contributed by atoms with Crippen LogP contribution in [0.1, 0.15) is 25.5 Å². The Bertz CT molecular complexity index is 703. The topological polar surface area (TPSA) is 70.5 Å². The molecule has 0 saturated carbocycles. The lowest BCUT2D eigenvalue weighted by molar-refractivity contribution is 0.143. The molecule has 0 amide bonds. The zero-order valence-corrected chi connectivity index (χ0v) is 14.1. The highest BCUT2D eigenvalue weighted by molar-refractivity contribution is 7.89. The van der Waals surface area contributed by atoms with Crippen LogP contribution < -0.4 is 0 Å². The monoisotopic (exact) mass is 334 g/mol. The van der Waals surface area contributed by atoms with Crippen LogP contribution in [0.2, 0.25) is 0 Å². The highest BCUT2D eigenvalue weighted by Crippen LogP contribution is 2.21. The van der Waals surface area contributed by atoms with Crippen LogP contribution >= 0.6 is 0 Å². The average Bonchev–Trinajstić information content (AvgIpc) is 2.55. The van der Waals surface area contributed by atoms with E-state index in [4.69, 9.17) is 0 Å². The minimum Gasteiger partial charge on any atom is -0.387 e. The summed E-state index contributed by atoms with van der Waals surface area (Å²) in [5.41, 5.74) is 0.697. The summed E-state index contributed by atoms with van der Waals surface area (Å²) in [6.07, 6.45) is 1.99. The quantitative estimate of drug-likeness (QED) is 0.844. The fourth-order valence-electron chi connectivity index (χ4n) is 2.30. The molecular weight excluding hydrogens is 312 g/mol. The molecule has 0 aliphatic rings. The van der Waals surface area contributed by atoms with Crippen molar-refractivity contribution in [3.05, 3.63) is 60.4 Å². The van der Waals surface area contributed by atoms with Crippen molar-refractivity contribution < 1.29 is 13.5 Å². The van der Waals surface area contributed by atoms with Crippen LogP contribution in [0.5, 0.6) is 0 Å². The van der Waals surface area contributed by atoms with Gasteiger partial charge in [-0.3, -0.25) is 4.98 Å². The lowest BCUT2D eigenvalue weighted by Gasteiger charge is -2.26. The molecule has 2 rings (SSSR count). The maximum absolute atomic E-state index is 12.8. The van der Waals surface area contributed by atoms with E-state index in [2.05, 4.69) is 4.98 Å². The second-order valence-corrected chi connectivity index (χ2v) is 7.77. The normalized spacial score (nSPS) is 13.4. The number of benzene rings is 1. The van der Waals surface area contributed by atoms with Crippen molar-refractivity contribution in [2.75, 3.05) is 13.1 Å². The third kappa shape index (κ3) is 4.60. The summed E-state index contributed by atoms with van der Waals surface area (Å²) in [6, 6.07) is 12.2. The Kier molecular flexibility index (Phi) is 5.87. The van der Waals surface area contributed by atoms with E-state index in [1.165, 1.54) is 22.8 Å². The van der Waals surface area contributed by atoms with Crippen LogP contribution in [0.15, 0.2) is 59.8 Å². The van der Waals surface area contributed by atoms with Crippen LogP contribution in [0.25, 0.3) is 0 Å². The highest BCUT2D eigenvalue weighted by Gasteiger charge is 2.27. The first kappa shape index (κ1) is 17.6. The molecule has 0 fully saturated rings. The van der Waals surface area contributed by atoms with Gasteiger partial charge in [0.2, 0.25) is 10.0 Å². The zero-order chi connectivity index (χ0) is 16.9. The van der Waals surface area contributed by atoms with Gasteiger partial charge in [-0.15, -0.1) is 0 Å². The number of sulfonamides is 1. The molecule has 0 saturated heterocycles. The number of hydrogen-bond acceptors (Lipinski definition) is 4. The van der Waals surface area contributed by atoms with E-state index in [-0.39, 0.29) is 17.4 Å². The average molecular weight is 334 g/mol. The predicted molar refractivity (Wildman–Crippen MR) is 89.2 cm³/mol. The summed E-state index contributed by atoms with van der Waals surface area (Å²) >= 11 is 0. The first-order valence-corrected chi connectivity index (χ1v) is 8.98. The van der Waals surface area contributed by atoms with Gasteiger partial charge < -0.3 is 5.11 Å². The van der Waals surface area contributed by atoms with E-state index in [0.717, 1.165) is 0 Å². The molecule has 1 atom stereocenters. The van der Waals surface area contributed by atoms with Crippen molar-refractivity contribution in [2.24, 2.45) is 5.92 Å². The van der Waals surface area contributed by atoms with E-state index in [9.17, 15) is 13.5 Å². The number of nitrogens with zero attached hydrogens (tertiary/aromatic N) is 2. The lowest BCUT2D eigenvalue weighted by Crippen LogP contribution is -2.37. The molecule has 0 radical (unpaired) electrons. The molecule has 6 heteroatoms. The predicted octanol–water partition coefficient (Wildman–Crippen LogP) is 2.46. The van der Waals surface area contributed by atoms with Crippen molar-refractivity contribution >= 4 is 10.0 Å². The molecule has 0 spiro atoms. The number of pyridine rings is 1. The van der Waals surface area contributed by atoms with Gasteiger partial charge in [-0.2, -0.15) is 4.31 Å². The third-order valence-corrected chi connectivity index (χ3v) is 5.22. The van der Waals surface area contributed by atoms with Gasteiger partial charge >= 0.3 is 0 Å². The van der Waals surface area contributed by atoms with Crippen molar-refractivity contribution in [3.63, 3.8) is 0 Å². The molecule has 0 aliphatic heterocycles.